The maximum atomic E-state index is 15.3. The zero-order valence-corrected chi connectivity index (χ0v) is 36.7. The number of nitrogens with zero attached hydrogens (tertiary/aromatic N) is 4. The Labute approximate surface area is 373 Å². The van der Waals surface area contributed by atoms with E-state index in [1.807, 2.05) is 0 Å². The predicted octanol–water partition coefficient (Wildman–Crippen LogP) is 9.16. The Hall–Kier alpha value is -6.05. The van der Waals surface area contributed by atoms with Crippen molar-refractivity contribution in [2.45, 2.75) is 57.0 Å². The van der Waals surface area contributed by atoms with Crippen LogP contribution in [0, 0.1) is 27.3 Å². The highest BCUT2D eigenvalue weighted by molar-refractivity contribution is 7.90. The van der Waals surface area contributed by atoms with Gasteiger partial charge in [-0.15, -0.1) is 0 Å². The summed E-state index contributed by atoms with van der Waals surface area (Å²) >= 11 is 0. The molecule has 0 unspecified atom stereocenters. The topological polar surface area (TPSA) is 172 Å². The van der Waals surface area contributed by atoms with Crippen molar-refractivity contribution in [3.63, 3.8) is 0 Å². The fraction of sp³-hybridized carbons (Fsp3) is 0.391. The van der Waals surface area contributed by atoms with Gasteiger partial charge in [0.15, 0.2) is 0 Å². The molecule has 1 aliphatic carbocycles. The second-order valence-electron chi connectivity index (χ2n) is 17.6. The van der Waals surface area contributed by atoms with Gasteiger partial charge in [0.2, 0.25) is 0 Å². The van der Waals surface area contributed by atoms with Crippen LogP contribution in [-0.2, 0) is 20.9 Å². The van der Waals surface area contributed by atoms with Crippen molar-refractivity contribution >= 4 is 49.6 Å². The molecule has 344 valence electrons. The number of nitro benzene ring substituents is 1. The van der Waals surface area contributed by atoms with Crippen LogP contribution in [0.25, 0.3) is 16.6 Å². The summed E-state index contributed by atoms with van der Waals surface area (Å²) in [6.07, 6.45) is 2.17. The second-order valence-corrected chi connectivity index (χ2v) is 19.2. The van der Waals surface area contributed by atoms with Crippen molar-refractivity contribution in [3.8, 4) is 11.5 Å². The Balaban J connectivity index is 1.01. The number of carbonyl (C=O) groups excluding carboxylic acids is 1. The largest absolute Gasteiger partial charge is 0.455 e. The zero-order chi connectivity index (χ0) is 46.1. The molecule has 0 spiro atoms. The standard InChI is InChI=1S/C46H49F4N7O7S/c1-45(2)13-9-31(38(25-45)36-6-3-32(22-39(36)47)46(48,49)50)28-55-15-17-56(18-16-55)33-4-7-37(42(23-33)64-34-21-30-10-14-51-43(30)53-27-34)44(58)54-65(61,62)35-5-8-40(41(24-35)57(59)60)52-26-29-11-19-63-20-12-29/h3-8,10,14,21-24,27,29,52H,9,11-13,15-20,25-26,28H2,1-2H3,(H,51,53)(H,54,58). The van der Waals surface area contributed by atoms with E-state index in [0.29, 0.717) is 82.7 Å². The number of hydrogen-bond donors (Lipinski definition) is 3. The van der Waals surface area contributed by atoms with E-state index >= 15 is 4.39 Å². The molecule has 0 bridgehead atoms. The first kappa shape index (κ1) is 45.5. The van der Waals surface area contributed by atoms with E-state index in [0.717, 1.165) is 47.9 Å². The lowest BCUT2D eigenvalue weighted by atomic mass is 9.72. The van der Waals surface area contributed by atoms with Crippen LogP contribution >= 0.6 is 0 Å². The summed E-state index contributed by atoms with van der Waals surface area (Å²) in [6, 6.07) is 14.5. The van der Waals surface area contributed by atoms with Crippen LogP contribution in [0.2, 0.25) is 0 Å². The first-order chi connectivity index (χ1) is 30.9. The molecule has 3 aliphatic rings. The monoisotopic (exact) mass is 919 g/mol. The number of amides is 1. The summed E-state index contributed by atoms with van der Waals surface area (Å²) in [6.45, 7) is 8.58. The van der Waals surface area contributed by atoms with E-state index in [-0.39, 0.29) is 39.6 Å². The molecule has 3 aromatic carbocycles. The summed E-state index contributed by atoms with van der Waals surface area (Å²) in [5.41, 5.74) is 1.62. The molecule has 0 atom stereocenters. The van der Waals surface area contributed by atoms with Crippen molar-refractivity contribution in [3.05, 3.63) is 117 Å². The number of fused-ring (bicyclic) bond motifs is 1. The minimum Gasteiger partial charge on any atom is -0.455 e. The molecule has 2 fully saturated rings. The molecule has 2 saturated heterocycles. The summed E-state index contributed by atoms with van der Waals surface area (Å²) < 4.78 is 96.5. The van der Waals surface area contributed by atoms with Crippen LogP contribution in [0.3, 0.4) is 0 Å². The van der Waals surface area contributed by atoms with Crippen molar-refractivity contribution in [2.24, 2.45) is 11.3 Å². The van der Waals surface area contributed by atoms with E-state index in [2.05, 4.69) is 43.7 Å². The highest BCUT2D eigenvalue weighted by Gasteiger charge is 2.34. The Bertz CT molecular complexity index is 2750. The Kier molecular flexibility index (Phi) is 12.9. The number of carbonyl (C=O) groups is 1. The Morgan fingerprint density at radius 2 is 1.80 bits per heavy atom. The van der Waals surface area contributed by atoms with Crippen molar-refractivity contribution < 1.29 is 45.2 Å². The van der Waals surface area contributed by atoms with E-state index in [1.165, 1.54) is 30.5 Å². The number of allylic oxidation sites excluding steroid dienone is 1. The van der Waals surface area contributed by atoms with Crippen LogP contribution in [0.1, 0.15) is 67.4 Å². The summed E-state index contributed by atoms with van der Waals surface area (Å²) in [5, 5.41) is 15.9. The molecule has 65 heavy (non-hydrogen) atoms. The number of hydrogen-bond acceptors (Lipinski definition) is 11. The van der Waals surface area contributed by atoms with Gasteiger partial charge in [0.25, 0.3) is 21.6 Å². The number of halogens is 4. The fourth-order valence-electron chi connectivity index (χ4n) is 8.66. The average Bonchev–Trinajstić information content (AvgIpc) is 3.74. The molecule has 0 saturated carbocycles. The molecule has 4 heterocycles. The highest BCUT2D eigenvalue weighted by Crippen LogP contribution is 2.45. The van der Waals surface area contributed by atoms with Gasteiger partial charge < -0.3 is 24.7 Å². The molecule has 5 aromatic rings. The maximum absolute atomic E-state index is 15.3. The molecule has 1 amide bonds. The van der Waals surface area contributed by atoms with Crippen LogP contribution in [0.4, 0.5) is 34.6 Å². The number of H-pyrrole nitrogens is 1. The van der Waals surface area contributed by atoms with Crippen molar-refractivity contribution in [1.29, 1.82) is 0 Å². The van der Waals surface area contributed by atoms with Gasteiger partial charge in [-0.2, -0.15) is 13.2 Å². The highest BCUT2D eigenvalue weighted by atomic mass is 32.2. The lowest BCUT2D eigenvalue weighted by Gasteiger charge is -2.39. The van der Waals surface area contributed by atoms with Gasteiger partial charge in [-0.25, -0.2) is 22.5 Å². The van der Waals surface area contributed by atoms with Crippen LogP contribution in [0.5, 0.6) is 11.5 Å². The number of benzene rings is 3. The van der Waals surface area contributed by atoms with Gasteiger partial charge in [0, 0.05) is 87.4 Å². The Morgan fingerprint density at radius 1 is 1.03 bits per heavy atom. The number of rotatable bonds is 13. The van der Waals surface area contributed by atoms with Crippen molar-refractivity contribution in [2.75, 3.05) is 62.7 Å². The molecular weight excluding hydrogens is 871 g/mol. The number of anilines is 2. The van der Waals surface area contributed by atoms with E-state index < -0.39 is 49.0 Å². The quantitative estimate of drug-likeness (QED) is 0.0584. The number of piperazine rings is 1. The predicted molar refractivity (Wildman–Crippen MR) is 237 cm³/mol. The fourth-order valence-corrected chi connectivity index (χ4v) is 9.65. The third kappa shape index (κ3) is 10.6. The van der Waals surface area contributed by atoms with Crippen LogP contribution in [-0.4, -0.2) is 86.6 Å². The average molecular weight is 920 g/mol. The summed E-state index contributed by atoms with van der Waals surface area (Å²) in [4.78, 5) is 36.5. The van der Waals surface area contributed by atoms with Crippen LogP contribution in [0.15, 0.2) is 89.6 Å². The zero-order valence-electron chi connectivity index (χ0n) is 35.8. The minimum absolute atomic E-state index is 0.0335. The van der Waals surface area contributed by atoms with Gasteiger partial charge in [-0.1, -0.05) is 25.5 Å². The second kappa shape index (κ2) is 18.4. The lowest BCUT2D eigenvalue weighted by molar-refractivity contribution is -0.384. The van der Waals surface area contributed by atoms with Gasteiger partial charge in [0.1, 0.15) is 28.7 Å². The summed E-state index contributed by atoms with van der Waals surface area (Å²) in [5.74, 6) is -1.37. The number of nitro groups is 1. The number of nitrogens with one attached hydrogen (secondary N) is 3. The third-order valence-electron chi connectivity index (χ3n) is 12.4. The molecule has 2 aliphatic heterocycles. The minimum atomic E-state index is -4.65. The smallest absolute Gasteiger partial charge is 0.416 e. The number of pyridine rings is 1. The van der Waals surface area contributed by atoms with Gasteiger partial charge in [0.05, 0.1) is 27.1 Å². The number of aromatic nitrogens is 2. The molecular formula is C46H49F4N7O7S. The summed E-state index contributed by atoms with van der Waals surface area (Å²) in [7, 11) is -4.62. The maximum Gasteiger partial charge on any atom is 0.416 e. The number of alkyl halides is 3. The molecule has 19 heteroatoms. The Morgan fingerprint density at radius 3 is 2.52 bits per heavy atom. The molecule has 0 radical (unpaired) electrons. The molecule has 3 N–H and O–H groups in total. The molecule has 14 nitrogen and oxygen atoms in total. The van der Waals surface area contributed by atoms with Crippen molar-refractivity contribution in [1.82, 2.24) is 19.6 Å². The lowest BCUT2D eigenvalue weighted by Crippen LogP contribution is -2.47. The molecule has 2 aromatic heterocycles. The van der Waals surface area contributed by atoms with Crippen LogP contribution < -0.4 is 19.7 Å². The number of ether oxygens (including phenoxy) is 2. The molecule has 8 rings (SSSR count). The van der Waals surface area contributed by atoms with Gasteiger partial charge >= 0.3 is 6.18 Å². The number of aromatic amines is 1. The third-order valence-corrected chi connectivity index (χ3v) is 13.7. The SMILES string of the molecule is CC1(C)CCC(CN2CCN(c3ccc(C(=O)NS(=O)(=O)c4ccc(NCC5CCOCC5)c([N+](=O)[O-])c4)c(Oc4cnc5[nH]ccc5c4)c3)CC2)=C(c2ccc(C(F)(F)F)cc2F)C1. The first-order valence-electron chi connectivity index (χ1n) is 21.4. The van der Waals surface area contributed by atoms with E-state index in [9.17, 15) is 36.5 Å². The normalized spacial score (nSPS) is 17.6. The van der Waals surface area contributed by atoms with Gasteiger partial charge in [-0.3, -0.25) is 19.8 Å². The van der Waals surface area contributed by atoms with E-state index in [4.69, 9.17) is 9.47 Å². The first-order valence-corrected chi connectivity index (χ1v) is 22.9. The van der Waals surface area contributed by atoms with E-state index in [1.54, 1.807) is 30.5 Å². The van der Waals surface area contributed by atoms with Gasteiger partial charge in [-0.05, 0) is 97.5 Å². The number of sulfonamides is 1.